The smallest absolute Gasteiger partial charge is 0.256 e. The minimum atomic E-state index is -0.784. The molecule has 3 heterocycles. The van der Waals surface area contributed by atoms with Crippen molar-refractivity contribution in [3.63, 3.8) is 0 Å². The Morgan fingerprint density at radius 3 is 2.71 bits per heavy atom. The van der Waals surface area contributed by atoms with Gasteiger partial charge in [-0.25, -0.2) is 4.98 Å². The number of nitrogens with zero attached hydrogens (tertiary/aromatic N) is 3. The van der Waals surface area contributed by atoms with Crippen molar-refractivity contribution >= 4 is 5.91 Å². The van der Waals surface area contributed by atoms with Gasteiger partial charge in [-0.1, -0.05) is 6.92 Å². The molecule has 0 bridgehead atoms. The first-order chi connectivity index (χ1) is 11.5. The molecular weight excluding hydrogens is 308 g/mol. The summed E-state index contributed by atoms with van der Waals surface area (Å²) >= 11 is 0. The maximum absolute atomic E-state index is 12.9. The largest absolute Gasteiger partial charge is 0.378 e. The lowest BCUT2D eigenvalue weighted by Crippen LogP contribution is -2.60. The van der Waals surface area contributed by atoms with Gasteiger partial charge >= 0.3 is 0 Å². The van der Waals surface area contributed by atoms with Gasteiger partial charge in [-0.05, 0) is 13.8 Å². The Bertz CT molecular complexity index is 582. The Labute approximate surface area is 143 Å². The molecule has 0 unspecified atom stereocenters. The van der Waals surface area contributed by atoms with E-state index in [2.05, 4.69) is 28.7 Å². The first-order valence-corrected chi connectivity index (χ1v) is 8.79. The van der Waals surface area contributed by atoms with Crippen LogP contribution in [0.15, 0.2) is 0 Å². The van der Waals surface area contributed by atoms with Crippen LogP contribution < -0.4 is 0 Å². The van der Waals surface area contributed by atoms with Crippen LogP contribution in [0.25, 0.3) is 0 Å². The summed E-state index contributed by atoms with van der Waals surface area (Å²) in [5.41, 5.74) is 1.39. The highest BCUT2D eigenvalue weighted by molar-refractivity contribution is 5.85. The monoisotopic (exact) mass is 336 g/mol. The van der Waals surface area contributed by atoms with Crippen LogP contribution in [-0.4, -0.2) is 77.3 Å². The number of H-pyrrole nitrogens is 1. The summed E-state index contributed by atoms with van der Waals surface area (Å²) in [7, 11) is 0. The van der Waals surface area contributed by atoms with Crippen molar-refractivity contribution in [1.29, 1.82) is 0 Å². The van der Waals surface area contributed by atoms with Crippen molar-refractivity contribution in [3.8, 4) is 0 Å². The van der Waals surface area contributed by atoms with Crippen molar-refractivity contribution in [2.45, 2.75) is 39.3 Å². The molecule has 1 atom stereocenters. The predicted molar refractivity (Wildman–Crippen MR) is 89.7 cm³/mol. The van der Waals surface area contributed by atoms with Crippen LogP contribution in [0, 0.1) is 6.92 Å². The second-order valence-corrected chi connectivity index (χ2v) is 6.80. The number of aromatic nitrogens is 2. The van der Waals surface area contributed by atoms with Gasteiger partial charge in [0.25, 0.3) is 5.91 Å². The van der Waals surface area contributed by atoms with E-state index in [4.69, 9.17) is 9.47 Å². The number of ether oxygens (including phenoxy) is 2. The summed E-state index contributed by atoms with van der Waals surface area (Å²) in [4.78, 5) is 25.0. The highest BCUT2D eigenvalue weighted by Gasteiger charge is 2.42. The van der Waals surface area contributed by atoms with Crippen molar-refractivity contribution in [1.82, 2.24) is 19.8 Å². The third-order valence-electron chi connectivity index (χ3n) is 4.85. The van der Waals surface area contributed by atoms with Gasteiger partial charge in [-0.2, -0.15) is 0 Å². The van der Waals surface area contributed by atoms with Crippen molar-refractivity contribution in [2.24, 2.45) is 0 Å². The summed E-state index contributed by atoms with van der Waals surface area (Å²) in [5.74, 6) is 1.09. The van der Waals surface area contributed by atoms with E-state index >= 15 is 0 Å². The molecule has 1 amide bonds. The van der Waals surface area contributed by atoms with Crippen molar-refractivity contribution < 1.29 is 14.3 Å². The lowest BCUT2D eigenvalue weighted by molar-refractivity contribution is -0.171. The predicted octanol–water partition coefficient (Wildman–Crippen LogP) is 0.730. The van der Waals surface area contributed by atoms with Crippen molar-refractivity contribution in [3.05, 3.63) is 17.2 Å². The minimum Gasteiger partial charge on any atom is -0.378 e. The topological polar surface area (TPSA) is 70.7 Å². The molecule has 0 radical (unpaired) electrons. The first kappa shape index (κ1) is 17.4. The minimum absolute atomic E-state index is 0.0727. The van der Waals surface area contributed by atoms with Crippen LogP contribution in [0.3, 0.4) is 0 Å². The normalized spacial score (nSPS) is 25.9. The number of aromatic amines is 1. The summed E-state index contributed by atoms with van der Waals surface area (Å²) < 4.78 is 11.2. The number of hydrogen-bond acceptors (Lipinski definition) is 5. The van der Waals surface area contributed by atoms with Gasteiger partial charge in [0, 0.05) is 44.8 Å². The number of morpholine rings is 2. The summed E-state index contributed by atoms with van der Waals surface area (Å²) in [6.07, 6.45) is 0.900. The molecule has 2 aliphatic rings. The van der Waals surface area contributed by atoms with E-state index in [0.717, 1.165) is 36.7 Å². The summed E-state index contributed by atoms with van der Waals surface area (Å²) in [6, 6.07) is 0. The Morgan fingerprint density at radius 1 is 1.29 bits per heavy atom. The molecule has 2 saturated heterocycles. The molecule has 1 aromatic rings. The fourth-order valence-corrected chi connectivity index (χ4v) is 3.41. The molecule has 2 aliphatic heterocycles. The van der Waals surface area contributed by atoms with Crippen LogP contribution in [0.1, 0.15) is 31.1 Å². The number of nitrogens with one attached hydrogen (secondary N) is 1. The van der Waals surface area contributed by atoms with E-state index in [9.17, 15) is 4.79 Å². The Kier molecular flexibility index (Phi) is 5.22. The van der Waals surface area contributed by atoms with Gasteiger partial charge in [0.1, 0.15) is 5.82 Å². The molecule has 0 saturated carbocycles. The molecule has 1 N–H and O–H groups in total. The van der Waals surface area contributed by atoms with Crippen LogP contribution in [0.2, 0.25) is 0 Å². The highest BCUT2D eigenvalue weighted by atomic mass is 16.5. The lowest BCUT2D eigenvalue weighted by atomic mass is 10.0. The fraction of sp³-hybridized carbons (Fsp3) is 0.765. The van der Waals surface area contributed by atoms with Crippen LogP contribution >= 0.6 is 0 Å². The second-order valence-electron chi connectivity index (χ2n) is 6.80. The molecule has 0 spiro atoms. The average molecular weight is 336 g/mol. The van der Waals surface area contributed by atoms with Crippen LogP contribution in [0.4, 0.5) is 0 Å². The first-order valence-electron chi connectivity index (χ1n) is 8.79. The zero-order valence-corrected chi connectivity index (χ0v) is 14.9. The molecule has 7 nitrogen and oxygen atoms in total. The van der Waals surface area contributed by atoms with Gasteiger partial charge in [-0.15, -0.1) is 0 Å². The van der Waals surface area contributed by atoms with Gasteiger partial charge in [0.2, 0.25) is 0 Å². The lowest BCUT2D eigenvalue weighted by Gasteiger charge is -2.42. The highest BCUT2D eigenvalue weighted by Crippen LogP contribution is 2.23. The van der Waals surface area contributed by atoms with Gasteiger partial charge in [-0.3, -0.25) is 9.69 Å². The fourth-order valence-electron chi connectivity index (χ4n) is 3.41. The van der Waals surface area contributed by atoms with Gasteiger partial charge < -0.3 is 19.4 Å². The number of amides is 1. The van der Waals surface area contributed by atoms with E-state index in [1.807, 2.05) is 11.8 Å². The zero-order chi connectivity index (χ0) is 17.2. The third-order valence-corrected chi connectivity index (χ3v) is 4.85. The number of carbonyl (C=O) groups excluding carboxylic acids is 1. The number of hydrogen-bond donors (Lipinski definition) is 1. The molecule has 7 heteroatoms. The standard InChI is InChI=1S/C17H28N4O3/c1-4-15-18-13(2)14(19-15)11-20-5-10-24-17(3,12-20)16(22)21-6-8-23-9-7-21/h4-12H2,1-3H3,(H,18,19)/t17-/m1/s1. The quantitative estimate of drug-likeness (QED) is 0.878. The number of rotatable bonds is 4. The molecule has 1 aromatic heterocycles. The Hall–Kier alpha value is -1.44. The average Bonchev–Trinajstić information content (AvgIpc) is 2.95. The third kappa shape index (κ3) is 3.63. The Morgan fingerprint density at radius 2 is 2.04 bits per heavy atom. The maximum Gasteiger partial charge on any atom is 0.256 e. The zero-order valence-electron chi connectivity index (χ0n) is 14.9. The van der Waals surface area contributed by atoms with Crippen LogP contribution in [0.5, 0.6) is 0 Å². The second kappa shape index (κ2) is 7.21. The molecule has 0 aromatic carbocycles. The number of carbonyl (C=O) groups is 1. The van der Waals surface area contributed by atoms with E-state index < -0.39 is 5.60 Å². The molecular formula is C17H28N4O3. The van der Waals surface area contributed by atoms with Gasteiger partial charge in [0.15, 0.2) is 5.60 Å². The van der Waals surface area contributed by atoms with Crippen molar-refractivity contribution in [2.75, 3.05) is 46.0 Å². The SMILES string of the molecule is CCc1nc(CN2CCO[C@@](C)(C(=O)N3CCOCC3)C2)c(C)[nH]1. The van der Waals surface area contributed by atoms with E-state index in [1.54, 1.807) is 0 Å². The number of imidazole rings is 1. The maximum atomic E-state index is 12.9. The van der Waals surface area contributed by atoms with E-state index in [0.29, 0.717) is 39.5 Å². The Balaban J connectivity index is 1.66. The van der Waals surface area contributed by atoms with Crippen LogP contribution in [-0.2, 0) is 27.2 Å². The molecule has 0 aliphatic carbocycles. The summed E-state index contributed by atoms with van der Waals surface area (Å²) in [5, 5.41) is 0. The van der Waals surface area contributed by atoms with E-state index in [1.165, 1.54) is 0 Å². The molecule has 3 rings (SSSR count). The molecule has 2 fully saturated rings. The molecule has 24 heavy (non-hydrogen) atoms. The van der Waals surface area contributed by atoms with Gasteiger partial charge in [0.05, 0.1) is 25.5 Å². The summed E-state index contributed by atoms with van der Waals surface area (Å²) in [6.45, 7) is 11.3. The molecule has 134 valence electrons. The van der Waals surface area contributed by atoms with E-state index in [-0.39, 0.29) is 5.91 Å². The number of aryl methyl sites for hydroxylation is 2.